The lowest BCUT2D eigenvalue weighted by Crippen LogP contribution is -2.00. The lowest BCUT2D eigenvalue weighted by molar-refractivity contribution is 0.128. The lowest BCUT2D eigenvalue weighted by Gasteiger charge is -2.01. The second-order valence-electron chi connectivity index (χ2n) is 2.73. The average molecular weight is 122 g/mol. The molecule has 1 unspecified atom stereocenters. The quantitative estimate of drug-likeness (QED) is 0.444. The van der Waals surface area contributed by atoms with Gasteiger partial charge in [-0.2, -0.15) is 0 Å². The minimum atomic E-state index is 0.315. The third-order valence-corrected chi connectivity index (χ3v) is 2.23. The van der Waals surface area contributed by atoms with E-state index in [0.29, 0.717) is 12.2 Å². The van der Waals surface area contributed by atoms with Crippen molar-refractivity contribution in [2.24, 2.45) is 0 Å². The largest absolute Gasteiger partial charge is 0.358 e. The molecule has 2 aliphatic heterocycles. The number of ether oxygens (including phenoxy) is 1. The van der Waals surface area contributed by atoms with Gasteiger partial charge in [0.2, 0.25) is 0 Å². The van der Waals surface area contributed by atoms with Crippen molar-refractivity contribution in [3.8, 4) is 0 Å². The van der Waals surface area contributed by atoms with Gasteiger partial charge in [-0.3, -0.25) is 0 Å². The lowest BCUT2D eigenvalue weighted by atomic mass is 10.0. The van der Waals surface area contributed by atoms with Crippen LogP contribution in [0.4, 0.5) is 0 Å². The van der Waals surface area contributed by atoms with Crippen LogP contribution >= 0.6 is 0 Å². The molecule has 0 amide bonds. The molecule has 0 spiro atoms. The Hall–Kier alpha value is -0.560. The van der Waals surface area contributed by atoms with E-state index in [9.17, 15) is 0 Å². The van der Waals surface area contributed by atoms with Crippen LogP contribution < -0.4 is 0 Å². The molecule has 2 rings (SSSR count). The van der Waals surface area contributed by atoms with Gasteiger partial charge >= 0.3 is 0 Å². The molecule has 2 atom stereocenters. The van der Waals surface area contributed by atoms with Gasteiger partial charge in [0.1, 0.15) is 0 Å². The van der Waals surface area contributed by atoms with E-state index in [2.05, 4.69) is 26.0 Å². The van der Waals surface area contributed by atoms with Crippen molar-refractivity contribution < 1.29 is 4.74 Å². The van der Waals surface area contributed by atoms with E-state index < -0.39 is 0 Å². The molecular formula is C8H10O. The maximum atomic E-state index is 5.51. The summed E-state index contributed by atoms with van der Waals surface area (Å²) in [6.07, 6.45) is 4.89. The first-order valence-electron chi connectivity index (χ1n) is 3.30. The molecule has 0 aromatic rings. The zero-order chi connectivity index (χ0) is 6.43. The summed E-state index contributed by atoms with van der Waals surface area (Å²) < 4.78 is 5.51. The highest BCUT2D eigenvalue weighted by atomic mass is 16.5. The van der Waals surface area contributed by atoms with Crippen molar-refractivity contribution in [1.29, 1.82) is 0 Å². The topological polar surface area (TPSA) is 9.23 Å². The molecule has 0 fully saturated rings. The van der Waals surface area contributed by atoms with Crippen molar-refractivity contribution in [2.45, 2.75) is 26.1 Å². The molecule has 2 bridgehead atoms. The molecule has 1 nitrogen and oxygen atoms in total. The van der Waals surface area contributed by atoms with E-state index in [4.69, 9.17) is 4.74 Å². The summed E-state index contributed by atoms with van der Waals surface area (Å²) in [6.45, 7) is 4.28. The Morgan fingerprint density at radius 3 is 1.78 bits per heavy atom. The summed E-state index contributed by atoms with van der Waals surface area (Å²) >= 11 is 0. The summed E-state index contributed by atoms with van der Waals surface area (Å²) in [5.41, 5.74) is 2.81. The van der Waals surface area contributed by atoms with Gasteiger partial charge in [0.25, 0.3) is 0 Å². The fourth-order valence-electron chi connectivity index (χ4n) is 1.39. The Morgan fingerprint density at radius 2 is 1.56 bits per heavy atom. The van der Waals surface area contributed by atoms with E-state index in [-0.39, 0.29) is 0 Å². The minimum Gasteiger partial charge on any atom is -0.358 e. The molecule has 1 heteroatoms. The third-order valence-electron chi connectivity index (χ3n) is 2.23. The molecule has 9 heavy (non-hydrogen) atoms. The van der Waals surface area contributed by atoms with Crippen LogP contribution in [0.25, 0.3) is 0 Å². The second kappa shape index (κ2) is 1.48. The summed E-state index contributed by atoms with van der Waals surface area (Å²) in [5, 5.41) is 0. The van der Waals surface area contributed by atoms with Crippen LogP contribution in [0, 0.1) is 0 Å². The van der Waals surface area contributed by atoms with Crippen LogP contribution in [-0.4, -0.2) is 12.2 Å². The molecule has 48 valence electrons. The van der Waals surface area contributed by atoms with Gasteiger partial charge in [0, 0.05) is 0 Å². The van der Waals surface area contributed by atoms with Crippen LogP contribution in [-0.2, 0) is 4.74 Å². The van der Waals surface area contributed by atoms with Crippen molar-refractivity contribution in [2.75, 3.05) is 0 Å². The van der Waals surface area contributed by atoms with Crippen molar-refractivity contribution in [1.82, 2.24) is 0 Å². The number of hydrogen-bond acceptors (Lipinski definition) is 1. The zero-order valence-corrected chi connectivity index (χ0v) is 5.72. The minimum absolute atomic E-state index is 0.315. The van der Waals surface area contributed by atoms with Crippen LogP contribution in [0.5, 0.6) is 0 Å². The first-order chi connectivity index (χ1) is 4.29. The maximum absolute atomic E-state index is 5.51. The fourth-order valence-corrected chi connectivity index (χ4v) is 1.39. The van der Waals surface area contributed by atoms with Crippen LogP contribution in [0.15, 0.2) is 23.3 Å². The summed E-state index contributed by atoms with van der Waals surface area (Å²) in [7, 11) is 0. The van der Waals surface area contributed by atoms with Gasteiger partial charge in [-0.1, -0.05) is 12.2 Å². The highest BCUT2D eigenvalue weighted by molar-refractivity contribution is 5.36. The summed E-state index contributed by atoms with van der Waals surface area (Å²) in [4.78, 5) is 0. The van der Waals surface area contributed by atoms with Gasteiger partial charge < -0.3 is 4.74 Å². The van der Waals surface area contributed by atoms with Crippen molar-refractivity contribution in [3.05, 3.63) is 23.3 Å². The van der Waals surface area contributed by atoms with Crippen molar-refractivity contribution >= 4 is 0 Å². The summed E-state index contributed by atoms with van der Waals surface area (Å²) in [6, 6.07) is 0. The Balaban J connectivity index is 2.41. The zero-order valence-electron chi connectivity index (χ0n) is 5.72. The van der Waals surface area contributed by atoms with Gasteiger partial charge in [0.15, 0.2) is 0 Å². The number of fused-ring (bicyclic) bond motifs is 2. The highest BCUT2D eigenvalue weighted by Gasteiger charge is 2.30. The molecule has 2 heterocycles. The molecule has 0 aromatic carbocycles. The Bertz CT molecular complexity index is 181. The summed E-state index contributed by atoms with van der Waals surface area (Å²) in [5.74, 6) is 0. The second-order valence-corrected chi connectivity index (χ2v) is 2.73. The van der Waals surface area contributed by atoms with Crippen molar-refractivity contribution in [3.63, 3.8) is 0 Å². The standard InChI is InChI=1S/C8H10O/c1-5-6(2)8-4-3-7(5)9-8/h3-4,7-8H,1-2H3/t7-,8?/m1/s1. The van der Waals surface area contributed by atoms with Gasteiger partial charge in [-0.15, -0.1) is 0 Å². The van der Waals surface area contributed by atoms with Crippen LogP contribution in [0.3, 0.4) is 0 Å². The highest BCUT2D eigenvalue weighted by Crippen LogP contribution is 2.32. The molecule has 0 N–H and O–H groups in total. The SMILES string of the molecule is CC1=C(C)[C@H]2C=CC1O2. The molecular weight excluding hydrogens is 112 g/mol. The van der Waals surface area contributed by atoms with E-state index in [1.807, 2.05) is 0 Å². The first kappa shape index (κ1) is 5.24. The van der Waals surface area contributed by atoms with E-state index >= 15 is 0 Å². The smallest absolute Gasteiger partial charge is 0.0981 e. The van der Waals surface area contributed by atoms with Gasteiger partial charge in [-0.05, 0) is 25.0 Å². The van der Waals surface area contributed by atoms with Crippen LogP contribution in [0.2, 0.25) is 0 Å². The predicted molar refractivity (Wildman–Crippen MR) is 36.2 cm³/mol. The molecule has 2 aliphatic rings. The molecule has 0 saturated carbocycles. The van der Waals surface area contributed by atoms with Gasteiger partial charge in [0.05, 0.1) is 12.2 Å². The fraction of sp³-hybridized carbons (Fsp3) is 0.500. The monoisotopic (exact) mass is 122 g/mol. The van der Waals surface area contributed by atoms with Crippen LogP contribution in [0.1, 0.15) is 13.8 Å². The molecule has 0 saturated heterocycles. The maximum Gasteiger partial charge on any atom is 0.0981 e. The molecule has 0 aliphatic carbocycles. The third kappa shape index (κ3) is 0.527. The average Bonchev–Trinajstić information content (AvgIpc) is 2.37. The molecule has 0 aromatic heterocycles. The number of hydrogen-bond donors (Lipinski definition) is 0. The Morgan fingerprint density at radius 1 is 1.11 bits per heavy atom. The van der Waals surface area contributed by atoms with E-state index in [0.717, 1.165) is 0 Å². The Kier molecular flexibility index (Phi) is 0.862. The normalized spacial score (nSPS) is 38.9. The van der Waals surface area contributed by atoms with E-state index in [1.54, 1.807) is 0 Å². The predicted octanol–water partition coefficient (Wildman–Crippen LogP) is 1.66. The number of rotatable bonds is 0. The van der Waals surface area contributed by atoms with Gasteiger partial charge in [-0.25, -0.2) is 0 Å². The van der Waals surface area contributed by atoms with E-state index in [1.165, 1.54) is 11.1 Å². The first-order valence-corrected chi connectivity index (χ1v) is 3.30. The Labute approximate surface area is 55.0 Å². The molecule has 0 radical (unpaired) electrons.